The minimum atomic E-state index is -0.331. The molecule has 1 N–H and O–H groups in total. The second-order valence-corrected chi connectivity index (χ2v) is 6.78. The lowest BCUT2D eigenvalue weighted by molar-refractivity contribution is 0.0984. The molecule has 0 aliphatic heterocycles. The molecule has 0 radical (unpaired) electrons. The van der Waals surface area contributed by atoms with Gasteiger partial charge in [0.05, 0.1) is 24.5 Å². The predicted molar refractivity (Wildman–Crippen MR) is 107 cm³/mol. The molecule has 0 fully saturated rings. The smallest absolute Gasteiger partial charge is 0.260 e. The largest absolute Gasteiger partial charge is 0.359 e. The van der Waals surface area contributed by atoms with Gasteiger partial charge in [0.15, 0.2) is 0 Å². The lowest BCUT2D eigenvalue weighted by Gasteiger charge is -2.25. The molecule has 2 aromatic heterocycles. The minimum Gasteiger partial charge on any atom is -0.359 e. The molecule has 0 saturated carbocycles. The first-order valence-electron chi connectivity index (χ1n) is 8.95. The fourth-order valence-corrected chi connectivity index (χ4v) is 3.43. The Balaban J connectivity index is 1.81. The van der Waals surface area contributed by atoms with Gasteiger partial charge in [-0.05, 0) is 61.4 Å². The molecule has 28 heavy (non-hydrogen) atoms. The van der Waals surface area contributed by atoms with Gasteiger partial charge in [0, 0.05) is 22.3 Å². The van der Waals surface area contributed by atoms with Crippen molar-refractivity contribution in [1.29, 1.82) is 0 Å². The van der Waals surface area contributed by atoms with Crippen molar-refractivity contribution < 1.29 is 9.18 Å². The van der Waals surface area contributed by atoms with Crippen LogP contribution in [-0.4, -0.2) is 21.1 Å². The van der Waals surface area contributed by atoms with E-state index in [0.29, 0.717) is 23.4 Å². The van der Waals surface area contributed by atoms with Crippen LogP contribution in [0.4, 0.5) is 10.1 Å². The Kier molecular flexibility index (Phi) is 4.61. The van der Waals surface area contributed by atoms with Crippen LogP contribution >= 0.6 is 0 Å². The Morgan fingerprint density at radius 3 is 2.71 bits per heavy atom. The van der Waals surface area contributed by atoms with Crippen molar-refractivity contribution in [3.63, 3.8) is 0 Å². The highest BCUT2D eigenvalue weighted by molar-refractivity contribution is 6.06. The first-order valence-corrected chi connectivity index (χ1v) is 8.95. The Labute approximate surface area is 161 Å². The normalized spacial score (nSPS) is 11.0. The van der Waals surface area contributed by atoms with Crippen molar-refractivity contribution >= 4 is 22.5 Å². The number of carbonyl (C=O) groups excluding carboxylic acids is 1. The second-order valence-electron chi connectivity index (χ2n) is 6.78. The van der Waals surface area contributed by atoms with Gasteiger partial charge in [0.2, 0.25) is 0 Å². The summed E-state index contributed by atoms with van der Waals surface area (Å²) >= 11 is 0. The van der Waals surface area contributed by atoms with E-state index < -0.39 is 0 Å². The van der Waals surface area contributed by atoms with E-state index in [1.54, 1.807) is 24.0 Å². The number of nitrogens with one attached hydrogen (secondary N) is 1. The number of benzene rings is 2. The monoisotopic (exact) mass is 374 g/mol. The summed E-state index contributed by atoms with van der Waals surface area (Å²) in [5, 5.41) is 8.62. The predicted octanol–water partition coefficient (Wildman–Crippen LogP) is 4.56. The first kappa shape index (κ1) is 17.9. The van der Waals surface area contributed by atoms with Gasteiger partial charge < -0.3 is 9.88 Å². The number of H-pyrrole nitrogens is 1. The van der Waals surface area contributed by atoms with Gasteiger partial charge in [-0.15, -0.1) is 0 Å². The number of aromatic amines is 1. The van der Waals surface area contributed by atoms with Gasteiger partial charge in [-0.2, -0.15) is 10.2 Å². The van der Waals surface area contributed by atoms with Crippen molar-refractivity contribution in [1.82, 2.24) is 15.2 Å². The third-order valence-electron chi connectivity index (χ3n) is 4.74. The van der Waals surface area contributed by atoms with Crippen LogP contribution in [0.3, 0.4) is 0 Å². The van der Waals surface area contributed by atoms with E-state index in [1.807, 2.05) is 25.1 Å². The van der Waals surface area contributed by atoms with Crippen LogP contribution in [0.25, 0.3) is 10.9 Å². The van der Waals surface area contributed by atoms with E-state index in [9.17, 15) is 9.18 Å². The van der Waals surface area contributed by atoms with Gasteiger partial charge in [-0.1, -0.05) is 12.1 Å². The molecule has 5 nitrogen and oxygen atoms in total. The summed E-state index contributed by atoms with van der Waals surface area (Å²) in [5.74, 6) is -0.545. The van der Waals surface area contributed by atoms with Gasteiger partial charge in [0.1, 0.15) is 5.82 Å². The van der Waals surface area contributed by atoms with Gasteiger partial charge in [-0.25, -0.2) is 4.39 Å². The number of anilines is 1. The molecule has 0 aliphatic carbocycles. The molecule has 0 aliphatic rings. The summed E-state index contributed by atoms with van der Waals surface area (Å²) in [6.07, 6.45) is 2.92. The van der Waals surface area contributed by atoms with Crippen LogP contribution in [0.5, 0.6) is 0 Å². The molecule has 4 rings (SSSR count). The van der Waals surface area contributed by atoms with Crippen LogP contribution in [0, 0.1) is 19.7 Å². The van der Waals surface area contributed by atoms with E-state index in [0.717, 1.165) is 22.2 Å². The number of aryl methyl sites for hydroxylation is 2. The summed E-state index contributed by atoms with van der Waals surface area (Å²) in [6.45, 7) is 4.15. The number of hydrogen-bond acceptors (Lipinski definition) is 3. The molecule has 0 bridgehead atoms. The van der Waals surface area contributed by atoms with E-state index in [-0.39, 0.29) is 11.7 Å². The van der Waals surface area contributed by atoms with Crippen LogP contribution in [0.1, 0.15) is 27.2 Å². The summed E-state index contributed by atoms with van der Waals surface area (Å²) in [4.78, 5) is 18.3. The van der Waals surface area contributed by atoms with Gasteiger partial charge in [0.25, 0.3) is 5.91 Å². The zero-order valence-electron chi connectivity index (χ0n) is 15.6. The van der Waals surface area contributed by atoms with Crippen molar-refractivity contribution in [2.45, 2.75) is 20.4 Å². The van der Waals surface area contributed by atoms with Crippen LogP contribution in [0.15, 0.2) is 60.9 Å². The van der Waals surface area contributed by atoms with Crippen LogP contribution in [0.2, 0.25) is 0 Å². The molecule has 0 unspecified atom stereocenters. The fourth-order valence-electron chi connectivity index (χ4n) is 3.43. The number of fused-ring (bicyclic) bond motifs is 1. The highest BCUT2D eigenvalue weighted by Gasteiger charge is 2.21. The number of hydrogen-bond donors (Lipinski definition) is 1. The zero-order chi connectivity index (χ0) is 19.7. The lowest BCUT2D eigenvalue weighted by Crippen LogP contribution is -2.31. The number of carbonyl (C=O) groups is 1. The molecular weight excluding hydrogens is 355 g/mol. The van der Waals surface area contributed by atoms with E-state index in [1.165, 1.54) is 24.5 Å². The maximum atomic E-state index is 13.6. The van der Waals surface area contributed by atoms with E-state index in [4.69, 9.17) is 0 Å². The average Bonchev–Trinajstić information content (AvgIpc) is 3.08. The minimum absolute atomic E-state index is 0.214. The molecular formula is C22H19FN4O. The van der Waals surface area contributed by atoms with Crippen LogP contribution in [-0.2, 0) is 6.54 Å². The topological polar surface area (TPSA) is 61.9 Å². The summed E-state index contributed by atoms with van der Waals surface area (Å²) in [7, 11) is 0. The molecule has 0 atom stereocenters. The fraction of sp³-hybridized carbons (Fsp3) is 0.136. The Bertz CT molecular complexity index is 1150. The highest BCUT2D eigenvalue weighted by Crippen LogP contribution is 2.28. The Hall–Kier alpha value is -3.54. The number of aromatic nitrogens is 3. The third-order valence-corrected chi connectivity index (χ3v) is 4.74. The molecule has 2 heterocycles. The van der Waals surface area contributed by atoms with Gasteiger partial charge in [-0.3, -0.25) is 4.79 Å². The number of amides is 1. The zero-order valence-corrected chi connectivity index (χ0v) is 15.6. The first-order chi connectivity index (χ1) is 13.5. The van der Waals surface area contributed by atoms with Crippen molar-refractivity contribution in [3.05, 3.63) is 89.1 Å². The number of halogens is 1. The Morgan fingerprint density at radius 1 is 1.11 bits per heavy atom. The van der Waals surface area contributed by atoms with Crippen LogP contribution < -0.4 is 4.90 Å². The van der Waals surface area contributed by atoms with Crippen molar-refractivity contribution in [2.75, 3.05) is 4.90 Å². The third kappa shape index (κ3) is 3.36. The van der Waals surface area contributed by atoms with Gasteiger partial charge >= 0.3 is 0 Å². The second kappa shape index (κ2) is 7.23. The molecule has 0 saturated heterocycles. The molecule has 2 aromatic carbocycles. The Morgan fingerprint density at radius 2 is 1.96 bits per heavy atom. The maximum absolute atomic E-state index is 13.6. The van der Waals surface area contributed by atoms with Crippen molar-refractivity contribution in [3.8, 4) is 0 Å². The highest BCUT2D eigenvalue weighted by atomic mass is 19.1. The average molecular weight is 374 g/mol. The van der Waals surface area contributed by atoms with E-state index >= 15 is 0 Å². The molecule has 4 aromatic rings. The number of nitrogens with zero attached hydrogens (tertiary/aromatic N) is 3. The molecule has 6 heteroatoms. The maximum Gasteiger partial charge on any atom is 0.260 e. The summed E-state index contributed by atoms with van der Waals surface area (Å²) in [5.41, 5.74) is 4.85. The number of rotatable bonds is 4. The molecule has 140 valence electrons. The quantitative estimate of drug-likeness (QED) is 0.570. The van der Waals surface area contributed by atoms with Crippen molar-refractivity contribution in [2.24, 2.45) is 0 Å². The summed E-state index contributed by atoms with van der Waals surface area (Å²) < 4.78 is 13.6. The SMILES string of the molecule is Cc1cc2c(CN(C(=O)c3ccnnc3)c3ccc(F)cc3C)cccc2[nH]1. The van der Waals surface area contributed by atoms with E-state index in [2.05, 4.69) is 21.2 Å². The lowest BCUT2D eigenvalue weighted by atomic mass is 10.1. The molecule has 1 amide bonds. The standard InChI is InChI=1S/C22H19FN4O/c1-14-10-18(23)6-7-21(14)27(22(28)16-8-9-24-25-12-16)13-17-4-3-5-20-19(17)11-15(2)26-20/h3-12,26H,13H2,1-2H3. The molecule has 0 spiro atoms. The summed E-state index contributed by atoms with van der Waals surface area (Å²) in [6, 6.07) is 14.1.